The van der Waals surface area contributed by atoms with Gasteiger partial charge in [0.25, 0.3) is 0 Å². The van der Waals surface area contributed by atoms with Crippen molar-refractivity contribution in [3.05, 3.63) is 40.5 Å². The van der Waals surface area contributed by atoms with Crippen molar-refractivity contribution in [2.75, 3.05) is 23.4 Å². The van der Waals surface area contributed by atoms with Crippen LogP contribution in [0.15, 0.2) is 23.2 Å². The molecular formula is C20H22N8O. The van der Waals surface area contributed by atoms with Crippen LogP contribution in [-0.2, 0) is 0 Å². The fourth-order valence-electron chi connectivity index (χ4n) is 3.15. The van der Waals surface area contributed by atoms with E-state index >= 15 is 0 Å². The summed E-state index contributed by atoms with van der Waals surface area (Å²) in [5.41, 5.74) is 14.8. The highest BCUT2D eigenvalue weighted by Crippen LogP contribution is 2.41. The highest BCUT2D eigenvalue weighted by Gasteiger charge is 2.29. The summed E-state index contributed by atoms with van der Waals surface area (Å²) in [6.45, 7) is 4.72. The van der Waals surface area contributed by atoms with Gasteiger partial charge in [0.1, 0.15) is 35.1 Å². The van der Waals surface area contributed by atoms with Crippen LogP contribution in [0.4, 0.5) is 17.3 Å². The van der Waals surface area contributed by atoms with E-state index in [1.165, 1.54) is 0 Å². The number of aryl methyl sites for hydroxylation is 1. The molecule has 1 aromatic carbocycles. The molecule has 9 heteroatoms. The van der Waals surface area contributed by atoms with Crippen LogP contribution in [0.1, 0.15) is 48.1 Å². The van der Waals surface area contributed by atoms with Crippen LogP contribution in [0, 0.1) is 29.7 Å². The molecule has 29 heavy (non-hydrogen) atoms. The van der Waals surface area contributed by atoms with Crippen LogP contribution in [0.2, 0.25) is 0 Å². The van der Waals surface area contributed by atoms with E-state index in [1.807, 2.05) is 37.4 Å². The predicted octanol–water partition coefficient (Wildman–Crippen LogP) is 2.55. The number of nitrogen functional groups attached to an aromatic ring is 2. The highest BCUT2D eigenvalue weighted by molar-refractivity contribution is 5.98. The Hall–Kier alpha value is -3.98. The van der Waals surface area contributed by atoms with Gasteiger partial charge in [-0.1, -0.05) is 19.4 Å². The van der Waals surface area contributed by atoms with Gasteiger partial charge in [-0.15, -0.1) is 0 Å². The molecule has 0 aliphatic carbocycles. The van der Waals surface area contributed by atoms with E-state index in [2.05, 4.69) is 27.5 Å². The summed E-state index contributed by atoms with van der Waals surface area (Å²) in [6, 6.07) is 7.17. The molecule has 0 amide bonds. The zero-order valence-corrected chi connectivity index (χ0v) is 16.3. The fraction of sp³-hybridized carbons (Fsp3) is 0.300. The number of aliphatic imine (C=N–C) groups is 1. The topological polar surface area (TPSA) is 158 Å². The van der Waals surface area contributed by atoms with E-state index in [4.69, 9.17) is 21.5 Å². The number of nitriles is 2. The molecule has 0 saturated carbocycles. The van der Waals surface area contributed by atoms with Gasteiger partial charge in [-0.3, -0.25) is 5.32 Å². The number of unbranched alkanes of at least 4 members (excludes halogenated alkanes) is 1. The van der Waals surface area contributed by atoms with Crippen molar-refractivity contribution in [2.24, 2.45) is 4.99 Å². The van der Waals surface area contributed by atoms with Crippen molar-refractivity contribution in [1.82, 2.24) is 10.3 Å². The van der Waals surface area contributed by atoms with Crippen LogP contribution in [0.5, 0.6) is 5.75 Å². The van der Waals surface area contributed by atoms with Gasteiger partial charge in [0.05, 0.1) is 12.3 Å². The minimum atomic E-state index is -0.564. The number of guanidine groups is 1. The molecule has 1 unspecified atom stereocenters. The van der Waals surface area contributed by atoms with E-state index in [1.54, 1.807) is 0 Å². The SMILES string of the molecule is CCCCOc1ccc(C2N=C(NC#N)Nc3nc(N)c(C#N)c(N)c32)cc1C. The Kier molecular flexibility index (Phi) is 5.70. The molecular weight excluding hydrogens is 368 g/mol. The van der Waals surface area contributed by atoms with Crippen molar-refractivity contribution in [2.45, 2.75) is 32.7 Å². The van der Waals surface area contributed by atoms with E-state index in [0.717, 1.165) is 29.7 Å². The zero-order chi connectivity index (χ0) is 21.0. The van der Waals surface area contributed by atoms with Crippen molar-refractivity contribution in [3.8, 4) is 18.0 Å². The number of nitrogens with two attached hydrogens (primary N) is 2. The number of rotatable bonds is 5. The first kappa shape index (κ1) is 19.8. The maximum Gasteiger partial charge on any atom is 0.211 e. The second-order valence-corrected chi connectivity index (χ2v) is 6.63. The Morgan fingerprint density at radius 1 is 1.31 bits per heavy atom. The summed E-state index contributed by atoms with van der Waals surface area (Å²) in [5.74, 6) is 1.40. The van der Waals surface area contributed by atoms with Crippen LogP contribution in [0.25, 0.3) is 0 Å². The van der Waals surface area contributed by atoms with Crippen LogP contribution >= 0.6 is 0 Å². The lowest BCUT2D eigenvalue weighted by molar-refractivity contribution is 0.307. The Bertz CT molecular complexity index is 1050. The third-order valence-corrected chi connectivity index (χ3v) is 4.63. The van der Waals surface area contributed by atoms with Crippen molar-refractivity contribution in [1.29, 1.82) is 10.5 Å². The van der Waals surface area contributed by atoms with E-state index in [9.17, 15) is 5.26 Å². The molecule has 1 aromatic heterocycles. The number of ether oxygens (including phenoxy) is 1. The second-order valence-electron chi connectivity index (χ2n) is 6.63. The number of pyridine rings is 1. The number of aromatic nitrogens is 1. The maximum atomic E-state index is 9.40. The summed E-state index contributed by atoms with van der Waals surface area (Å²) >= 11 is 0. The average molecular weight is 390 g/mol. The predicted molar refractivity (Wildman–Crippen MR) is 111 cm³/mol. The quantitative estimate of drug-likeness (QED) is 0.344. The largest absolute Gasteiger partial charge is 0.493 e. The van der Waals surface area contributed by atoms with Crippen molar-refractivity contribution in [3.63, 3.8) is 0 Å². The molecule has 0 spiro atoms. The van der Waals surface area contributed by atoms with E-state index in [0.29, 0.717) is 18.0 Å². The summed E-state index contributed by atoms with van der Waals surface area (Å²) < 4.78 is 5.82. The minimum Gasteiger partial charge on any atom is -0.493 e. The first-order chi connectivity index (χ1) is 14.0. The Balaban J connectivity index is 2.08. The molecule has 2 aromatic rings. The molecule has 148 valence electrons. The van der Waals surface area contributed by atoms with E-state index < -0.39 is 6.04 Å². The van der Waals surface area contributed by atoms with Crippen LogP contribution < -0.4 is 26.8 Å². The van der Waals surface area contributed by atoms with Gasteiger partial charge in [-0.05, 0) is 36.6 Å². The van der Waals surface area contributed by atoms with Gasteiger partial charge in [0, 0.05) is 5.56 Å². The highest BCUT2D eigenvalue weighted by atomic mass is 16.5. The summed E-state index contributed by atoms with van der Waals surface area (Å²) in [7, 11) is 0. The smallest absolute Gasteiger partial charge is 0.211 e. The number of nitrogens with zero attached hydrogens (tertiary/aromatic N) is 4. The average Bonchev–Trinajstić information content (AvgIpc) is 2.69. The monoisotopic (exact) mass is 390 g/mol. The number of hydrogen-bond donors (Lipinski definition) is 4. The van der Waals surface area contributed by atoms with Gasteiger partial charge in [-0.2, -0.15) is 10.5 Å². The Morgan fingerprint density at radius 3 is 2.76 bits per heavy atom. The Morgan fingerprint density at radius 2 is 2.10 bits per heavy atom. The third-order valence-electron chi connectivity index (χ3n) is 4.63. The molecule has 1 atom stereocenters. The number of anilines is 3. The number of hydrogen-bond acceptors (Lipinski definition) is 9. The fourth-order valence-corrected chi connectivity index (χ4v) is 3.15. The molecule has 0 saturated heterocycles. The number of nitrogens with one attached hydrogen (secondary N) is 2. The molecule has 6 N–H and O–H groups in total. The molecule has 0 bridgehead atoms. The Labute approximate surface area is 169 Å². The van der Waals surface area contributed by atoms with Crippen molar-refractivity contribution < 1.29 is 4.74 Å². The lowest BCUT2D eigenvalue weighted by atomic mass is 9.94. The molecule has 9 nitrogen and oxygen atoms in total. The molecule has 1 aliphatic rings. The second kappa shape index (κ2) is 8.36. The summed E-state index contributed by atoms with van der Waals surface area (Å²) in [5, 5.41) is 23.8. The summed E-state index contributed by atoms with van der Waals surface area (Å²) in [6.07, 6.45) is 3.88. The molecule has 2 heterocycles. The van der Waals surface area contributed by atoms with Gasteiger partial charge in [0.15, 0.2) is 6.19 Å². The standard InChI is InChI=1S/C20H22N8O/c1-3-4-7-29-14-6-5-12(8-11(14)2)17-15-16(23)13(9-21)18(24)27-19(15)28-20(26-17)25-10-22/h5-6,8,17H,3-4,7H2,1-2H3,(H6,23,24,25,26,27,28). The lowest BCUT2D eigenvalue weighted by Crippen LogP contribution is -2.32. The zero-order valence-electron chi connectivity index (χ0n) is 16.3. The number of fused-ring (bicyclic) bond motifs is 1. The van der Waals surface area contributed by atoms with Crippen molar-refractivity contribution >= 4 is 23.3 Å². The first-order valence-corrected chi connectivity index (χ1v) is 9.22. The third kappa shape index (κ3) is 3.85. The lowest BCUT2D eigenvalue weighted by Gasteiger charge is -2.26. The normalized spacial score (nSPS) is 14.6. The van der Waals surface area contributed by atoms with Crippen LogP contribution in [0.3, 0.4) is 0 Å². The summed E-state index contributed by atoms with van der Waals surface area (Å²) in [4.78, 5) is 8.81. The molecule has 1 aliphatic heterocycles. The van der Waals surface area contributed by atoms with Gasteiger partial charge in [0.2, 0.25) is 5.96 Å². The van der Waals surface area contributed by atoms with Gasteiger partial charge >= 0.3 is 0 Å². The van der Waals surface area contributed by atoms with Crippen LogP contribution in [-0.4, -0.2) is 17.6 Å². The van der Waals surface area contributed by atoms with Gasteiger partial charge < -0.3 is 21.5 Å². The molecule has 3 rings (SSSR count). The first-order valence-electron chi connectivity index (χ1n) is 9.22. The van der Waals surface area contributed by atoms with E-state index in [-0.39, 0.29) is 23.0 Å². The molecule has 0 radical (unpaired) electrons. The van der Waals surface area contributed by atoms with Gasteiger partial charge in [-0.25, -0.2) is 9.98 Å². The maximum absolute atomic E-state index is 9.40. The number of benzene rings is 1. The molecule has 0 fully saturated rings. The minimum absolute atomic E-state index is 0.0176.